The van der Waals surface area contributed by atoms with Crippen LogP contribution in [0.5, 0.6) is 0 Å². The van der Waals surface area contributed by atoms with Crippen LogP contribution in [0.2, 0.25) is 0 Å². The van der Waals surface area contributed by atoms with Gasteiger partial charge in [-0.25, -0.2) is 4.79 Å². The van der Waals surface area contributed by atoms with Crippen LogP contribution in [0.3, 0.4) is 0 Å². The molecular weight excluding hydrogens is 284 g/mol. The number of carbonyl (C=O) groups is 1. The lowest BCUT2D eigenvalue weighted by Crippen LogP contribution is -2.44. The van der Waals surface area contributed by atoms with E-state index in [0.717, 1.165) is 5.56 Å². The van der Waals surface area contributed by atoms with Gasteiger partial charge in [0, 0.05) is 6.42 Å². The van der Waals surface area contributed by atoms with Gasteiger partial charge in [0.1, 0.15) is 0 Å². The smallest absolute Gasteiger partial charge is 0.337 e. The van der Waals surface area contributed by atoms with Crippen molar-refractivity contribution in [3.05, 3.63) is 33.7 Å². The van der Waals surface area contributed by atoms with Crippen LogP contribution in [-0.4, -0.2) is 35.9 Å². The average Bonchev–Trinajstić information content (AvgIpc) is 2.91. The number of hydrogen-bond acceptors (Lipinski definition) is 5. The SMILES string of the molecule is O=C(OCCc1ccsc1)C1=C(CO)NC(=S)NC1. The summed E-state index contributed by atoms with van der Waals surface area (Å²) in [5.74, 6) is -0.429. The van der Waals surface area contributed by atoms with Crippen molar-refractivity contribution in [1.29, 1.82) is 0 Å². The van der Waals surface area contributed by atoms with E-state index in [1.807, 2.05) is 16.8 Å². The van der Waals surface area contributed by atoms with Gasteiger partial charge in [-0.05, 0) is 34.6 Å². The maximum absolute atomic E-state index is 11.9. The lowest BCUT2D eigenvalue weighted by atomic mass is 10.2. The zero-order valence-electron chi connectivity index (χ0n) is 10.1. The number of thiophene rings is 1. The number of ether oxygens (including phenoxy) is 1. The van der Waals surface area contributed by atoms with Crippen molar-refractivity contribution >= 4 is 34.6 Å². The molecule has 2 rings (SSSR count). The summed E-state index contributed by atoms with van der Waals surface area (Å²) >= 11 is 6.53. The van der Waals surface area contributed by atoms with Gasteiger partial charge in [0.05, 0.1) is 31.0 Å². The van der Waals surface area contributed by atoms with Crippen LogP contribution < -0.4 is 10.6 Å². The minimum absolute atomic E-state index is 0.267. The van der Waals surface area contributed by atoms with Gasteiger partial charge in [0.2, 0.25) is 0 Å². The summed E-state index contributed by atoms with van der Waals surface area (Å²) in [4.78, 5) is 11.9. The van der Waals surface area contributed by atoms with Gasteiger partial charge in [-0.2, -0.15) is 11.3 Å². The highest BCUT2D eigenvalue weighted by Gasteiger charge is 2.21. The molecular formula is C12H14N2O3S2. The minimum atomic E-state index is -0.429. The fraction of sp³-hybridized carbons (Fsp3) is 0.333. The molecule has 0 radical (unpaired) electrons. The fourth-order valence-corrected chi connectivity index (χ4v) is 2.54. The maximum Gasteiger partial charge on any atom is 0.337 e. The van der Waals surface area contributed by atoms with Crippen LogP contribution in [-0.2, 0) is 16.0 Å². The topological polar surface area (TPSA) is 70.6 Å². The molecule has 1 aromatic rings. The van der Waals surface area contributed by atoms with Crippen molar-refractivity contribution < 1.29 is 14.6 Å². The highest BCUT2D eigenvalue weighted by molar-refractivity contribution is 7.80. The van der Waals surface area contributed by atoms with E-state index in [0.29, 0.717) is 29.4 Å². The van der Waals surface area contributed by atoms with Crippen LogP contribution in [0.25, 0.3) is 0 Å². The Balaban J connectivity index is 1.89. The molecule has 2 heterocycles. The second-order valence-corrected chi connectivity index (χ2v) is 5.13. The van der Waals surface area contributed by atoms with Crippen molar-refractivity contribution in [2.75, 3.05) is 19.8 Å². The Labute approximate surface area is 120 Å². The molecule has 1 aliphatic rings. The van der Waals surface area contributed by atoms with Crippen LogP contribution in [0.1, 0.15) is 5.56 Å². The lowest BCUT2D eigenvalue weighted by molar-refractivity contribution is -0.139. The Morgan fingerprint density at radius 1 is 1.58 bits per heavy atom. The summed E-state index contributed by atoms with van der Waals surface area (Å²) in [7, 11) is 0. The quantitative estimate of drug-likeness (QED) is 0.545. The van der Waals surface area contributed by atoms with E-state index >= 15 is 0 Å². The first-order valence-corrected chi connectivity index (χ1v) is 7.11. The van der Waals surface area contributed by atoms with Crippen molar-refractivity contribution in [3.63, 3.8) is 0 Å². The Morgan fingerprint density at radius 2 is 2.42 bits per heavy atom. The Bertz CT molecular complexity index is 497. The molecule has 5 nitrogen and oxygen atoms in total. The molecule has 0 amide bonds. The van der Waals surface area contributed by atoms with Crippen molar-refractivity contribution in [2.24, 2.45) is 0 Å². The molecule has 0 spiro atoms. The van der Waals surface area contributed by atoms with Gasteiger partial charge < -0.3 is 20.5 Å². The predicted molar refractivity (Wildman–Crippen MR) is 76.8 cm³/mol. The third kappa shape index (κ3) is 3.76. The van der Waals surface area contributed by atoms with E-state index < -0.39 is 5.97 Å². The van der Waals surface area contributed by atoms with E-state index in [1.165, 1.54) is 0 Å². The third-order valence-corrected chi connectivity index (χ3v) is 3.64. The first-order valence-electron chi connectivity index (χ1n) is 5.76. The predicted octanol–water partition coefficient (Wildman–Crippen LogP) is 0.558. The van der Waals surface area contributed by atoms with Gasteiger partial charge in [-0.15, -0.1) is 0 Å². The van der Waals surface area contributed by atoms with Gasteiger partial charge in [0.25, 0.3) is 0 Å². The lowest BCUT2D eigenvalue weighted by Gasteiger charge is -2.21. The van der Waals surface area contributed by atoms with Crippen LogP contribution in [0, 0.1) is 0 Å². The van der Waals surface area contributed by atoms with E-state index in [9.17, 15) is 9.90 Å². The molecule has 19 heavy (non-hydrogen) atoms. The number of aliphatic hydroxyl groups excluding tert-OH is 1. The molecule has 0 unspecified atom stereocenters. The molecule has 0 saturated heterocycles. The Morgan fingerprint density at radius 3 is 3.11 bits per heavy atom. The normalized spacial score (nSPS) is 14.9. The van der Waals surface area contributed by atoms with Crippen molar-refractivity contribution in [3.8, 4) is 0 Å². The van der Waals surface area contributed by atoms with E-state index in [1.54, 1.807) is 11.3 Å². The number of hydrogen-bond donors (Lipinski definition) is 3. The van der Waals surface area contributed by atoms with Crippen LogP contribution in [0.4, 0.5) is 0 Å². The number of nitrogens with one attached hydrogen (secondary N) is 2. The van der Waals surface area contributed by atoms with Crippen LogP contribution in [0.15, 0.2) is 28.1 Å². The highest BCUT2D eigenvalue weighted by Crippen LogP contribution is 2.09. The molecule has 0 fully saturated rings. The number of aliphatic hydroxyl groups is 1. The van der Waals surface area contributed by atoms with Crippen molar-refractivity contribution in [1.82, 2.24) is 10.6 Å². The molecule has 0 aliphatic carbocycles. The zero-order chi connectivity index (χ0) is 13.7. The summed E-state index contributed by atoms with van der Waals surface area (Å²) in [6, 6.07) is 2.00. The molecule has 0 atom stereocenters. The molecule has 1 aromatic heterocycles. The first-order chi connectivity index (χ1) is 9.20. The molecule has 3 N–H and O–H groups in total. The molecule has 0 saturated carbocycles. The Hall–Kier alpha value is -1.44. The van der Waals surface area contributed by atoms with Gasteiger partial charge >= 0.3 is 5.97 Å². The number of esters is 1. The summed E-state index contributed by atoms with van der Waals surface area (Å²) < 4.78 is 5.20. The number of thiocarbonyl (C=S) groups is 1. The van der Waals surface area contributed by atoms with Crippen molar-refractivity contribution in [2.45, 2.75) is 6.42 Å². The zero-order valence-corrected chi connectivity index (χ0v) is 11.8. The van der Waals surface area contributed by atoms with Gasteiger partial charge in [-0.1, -0.05) is 0 Å². The average molecular weight is 298 g/mol. The second kappa shape index (κ2) is 6.65. The van der Waals surface area contributed by atoms with Crippen LogP contribution >= 0.6 is 23.6 Å². The molecule has 102 valence electrons. The minimum Gasteiger partial charge on any atom is -0.462 e. The highest BCUT2D eigenvalue weighted by atomic mass is 32.1. The standard InChI is InChI=1S/C12H14N2O3S2/c15-6-10-9(5-13-12(18)14-10)11(16)17-3-1-8-2-4-19-7-8/h2,4,7,15H,1,3,5-6H2,(H2,13,14,18). The van der Waals surface area contributed by atoms with E-state index in [-0.39, 0.29) is 13.2 Å². The molecule has 1 aliphatic heterocycles. The fourth-order valence-electron chi connectivity index (χ4n) is 1.65. The Kier molecular flexibility index (Phi) is 4.89. The summed E-state index contributed by atoms with van der Waals surface area (Å²) in [5.41, 5.74) is 1.95. The molecule has 0 aromatic carbocycles. The first kappa shape index (κ1) is 14.0. The summed E-state index contributed by atoms with van der Waals surface area (Å²) in [5, 5.41) is 19.2. The monoisotopic (exact) mass is 298 g/mol. The summed E-state index contributed by atoms with van der Waals surface area (Å²) in [6.45, 7) is 0.331. The van der Waals surface area contributed by atoms with E-state index in [4.69, 9.17) is 17.0 Å². The van der Waals surface area contributed by atoms with Gasteiger partial charge in [-0.3, -0.25) is 0 Å². The van der Waals surface area contributed by atoms with E-state index in [2.05, 4.69) is 10.6 Å². The number of rotatable bonds is 5. The molecule has 0 bridgehead atoms. The third-order valence-electron chi connectivity index (χ3n) is 2.66. The molecule has 7 heteroatoms. The maximum atomic E-state index is 11.9. The summed E-state index contributed by atoms with van der Waals surface area (Å²) in [6.07, 6.45) is 0.691. The number of carbonyl (C=O) groups excluding carboxylic acids is 1. The largest absolute Gasteiger partial charge is 0.462 e. The second-order valence-electron chi connectivity index (χ2n) is 3.94. The van der Waals surface area contributed by atoms with Gasteiger partial charge in [0.15, 0.2) is 5.11 Å².